The molecule has 2 aromatic carbocycles. The molecule has 0 saturated heterocycles. The van der Waals surface area contributed by atoms with Crippen LogP contribution < -0.4 is 0 Å². The van der Waals surface area contributed by atoms with E-state index >= 15 is 0 Å². The van der Waals surface area contributed by atoms with E-state index in [-0.39, 0.29) is 18.2 Å². The summed E-state index contributed by atoms with van der Waals surface area (Å²) in [4.78, 5) is 26.3. The molecule has 0 saturated carbocycles. The second kappa shape index (κ2) is 7.11. The van der Waals surface area contributed by atoms with Crippen molar-refractivity contribution in [1.29, 1.82) is 0 Å². The van der Waals surface area contributed by atoms with Crippen LogP contribution >= 0.6 is 11.8 Å². The zero-order valence-corrected chi connectivity index (χ0v) is 13.6. The minimum Gasteiger partial charge on any atom is -0.396 e. The molecule has 0 fully saturated rings. The maximum Gasteiger partial charge on any atom is 0.195 e. The van der Waals surface area contributed by atoms with Crippen molar-refractivity contribution in [3.8, 4) is 0 Å². The van der Waals surface area contributed by atoms with Crippen molar-refractivity contribution >= 4 is 23.3 Å². The summed E-state index contributed by atoms with van der Waals surface area (Å²) in [6.45, 7) is 0.217. The fourth-order valence-electron chi connectivity index (χ4n) is 2.81. The lowest BCUT2D eigenvalue weighted by atomic mass is 9.84. The summed E-state index contributed by atoms with van der Waals surface area (Å²) in [6, 6.07) is 12.5. The molecule has 0 bridgehead atoms. The van der Waals surface area contributed by atoms with Gasteiger partial charge in [-0.1, -0.05) is 42.8 Å². The summed E-state index contributed by atoms with van der Waals surface area (Å²) >= 11 is 1.61. The van der Waals surface area contributed by atoms with E-state index in [2.05, 4.69) is 0 Å². The summed E-state index contributed by atoms with van der Waals surface area (Å²) < 4.78 is 0. The van der Waals surface area contributed by atoms with Crippen molar-refractivity contribution in [2.45, 2.75) is 24.2 Å². The van der Waals surface area contributed by atoms with Crippen LogP contribution in [0.3, 0.4) is 0 Å². The first-order chi connectivity index (χ1) is 11.2. The molecule has 3 nitrogen and oxygen atoms in total. The van der Waals surface area contributed by atoms with Crippen LogP contribution in [0.25, 0.3) is 0 Å². The first-order valence-electron chi connectivity index (χ1n) is 7.79. The van der Waals surface area contributed by atoms with Crippen molar-refractivity contribution < 1.29 is 14.7 Å². The quantitative estimate of drug-likeness (QED) is 0.554. The lowest BCUT2D eigenvalue weighted by Crippen LogP contribution is -2.21. The molecule has 1 aliphatic rings. The highest BCUT2D eigenvalue weighted by molar-refractivity contribution is 7.99. The van der Waals surface area contributed by atoms with Crippen LogP contribution in [0.2, 0.25) is 0 Å². The molecular formula is C19H18O3S. The molecule has 1 N–H and O–H groups in total. The van der Waals surface area contributed by atoms with Gasteiger partial charge in [-0.3, -0.25) is 9.59 Å². The van der Waals surface area contributed by atoms with E-state index in [9.17, 15) is 9.59 Å². The Balaban J connectivity index is 1.88. The molecule has 0 spiro atoms. The Morgan fingerprint density at radius 3 is 2.22 bits per heavy atom. The predicted molar refractivity (Wildman–Crippen MR) is 91.4 cm³/mol. The van der Waals surface area contributed by atoms with Crippen LogP contribution in [0.15, 0.2) is 47.4 Å². The van der Waals surface area contributed by atoms with Crippen LogP contribution in [0.4, 0.5) is 0 Å². The second-order valence-corrected chi connectivity index (χ2v) is 6.65. The number of hydrogen-bond acceptors (Lipinski definition) is 4. The van der Waals surface area contributed by atoms with E-state index in [0.717, 1.165) is 29.9 Å². The molecule has 2 aromatic rings. The Morgan fingerprint density at radius 2 is 1.48 bits per heavy atom. The molecule has 1 aliphatic carbocycles. The Labute approximate surface area is 139 Å². The maximum absolute atomic E-state index is 12.8. The van der Waals surface area contributed by atoms with Gasteiger partial charge >= 0.3 is 0 Å². The Hall–Kier alpha value is -1.91. The molecule has 0 heterocycles. The maximum atomic E-state index is 12.8. The normalized spacial score (nSPS) is 12.9. The molecule has 0 atom stereocenters. The molecule has 0 aliphatic heterocycles. The second-order valence-electron chi connectivity index (χ2n) is 5.52. The molecule has 118 valence electrons. The minimum absolute atomic E-state index is 0.0614. The molecule has 0 amide bonds. The van der Waals surface area contributed by atoms with Crippen molar-refractivity contribution in [3.05, 3.63) is 64.7 Å². The van der Waals surface area contributed by atoms with E-state index < -0.39 is 0 Å². The number of unbranched alkanes of at least 4 members (excludes halogenated alkanes) is 2. The largest absolute Gasteiger partial charge is 0.396 e. The zero-order valence-electron chi connectivity index (χ0n) is 12.7. The highest BCUT2D eigenvalue weighted by atomic mass is 32.2. The lowest BCUT2D eigenvalue weighted by Gasteiger charge is -2.19. The van der Waals surface area contributed by atoms with Gasteiger partial charge in [-0.25, -0.2) is 0 Å². The van der Waals surface area contributed by atoms with Gasteiger partial charge in [0.15, 0.2) is 11.6 Å². The Morgan fingerprint density at radius 1 is 0.783 bits per heavy atom. The van der Waals surface area contributed by atoms with Crippen LogP contribution in [-0.2, 0) is 0 Å². The van der Waals surface area contributed by atoms with Gasteiger partial charge in [0.05, 0.1) is 0 Å². The highest BCUT2D eigenvalue weighted by Crippen LogP contribution is 2.34. The molecular weight excluding hydrogens is 308 g/mol. The van der Waals surface area contributed by atoms with Crippen LogP contribution in [0.1, 0.15) is 51.1 Å². The number of aliphatic hydroxyl groups excluding tert-OH is 1. The standard InChI is InChI=1S/C19H18O3S/c20-11-4-1-5-12-23-16-10-6-9-15-17(16)19(22)14-8-3-2-7-13(14)18(15)21/h2-3,6-10,20H,1,4-5,11-12H2. The van der Waals surface area contributed by atoms with Gasteiger partial charge in [0.25, 0.3) is 0 Å². The number of hydrogen-bond donors (Lipinski definition) is 1. The molecule has 0 radical (unpaired) electrons. The van der Waals surface area contributed by atoms with E-state index in [4.69, 9.17) is 5.11 Å². The number of ketones is 2. The van der Waals surface area contributed by atoms with Crippen LogP contribution in [0, 0.1) is 0 Å². The van der Waals surface area contributed by atoms with Gasteiger partial charge in [0.2, 0.25) is 0 Å². The van der Waals surface area contributed by atoms with Gasteiger partial charge in [-0.2, -0.15) is 0 Å². The minimum atomic E-state index is -0.0714. The number of rotatable bonds is 6. The third-order valence-corrected chi connectivity index (χ3v) is 5.12. The average molecular weight is 326 g/mol. The Bertz CT molecular complexity index is 752. The highest BCUT2D eigenvalue weighted by Gasteiger charge is 2.31. The molecule has 3 rings (SSSR count). The number of benzene rings is 2. The predicted octanol–water partition coefficient (Wildman–Crippen LogP) is 3.72. The van der Waals surface area contributed by atoms with Gasteiger partial charge in [-0.05, 0) is 24.7 Å². The van der Waals surface area contributed by atoms with Crippen molar-refractivity contribution in [2.24, 2.45) is 0 Å². The summed E-state index contributed by atoms with van der Waals surface area (Å²) in [5, 5.41) is 8.81. The number of fused-ring (bicyclic) bond motifs is 2. The summed E-state index contributed by atoms with van der Waals surface area (Å²) in [5.41, 5.74) is 2.05. The topological polar surface area (TPSA) is 54.4 Å². The number of carbonyl (C=O) groups is 2. The van der Waals surface area contributed by atoms with E-state index in [1.54, 1.807) is 42.1 Å². The smallest absolute Gasteiger partial charge is 0.195 e. The number of carbonyl (C=O) groups excluding carboxylic acids is 2. The first-order valence-corrected chi connectivity index (χ1v) is 8.77. The summed E-state index contributed by atoms with van der Waals surface area (Å²) in [7, 11) is 0. The number of aliphatic hydroxyl groups is 1. The van der Waals surface area contributed by atoms with Gasteiger partial charge in [0, 0.05) is 33.8 Å². The SMILES string of the molecule is O=C1c2ccccc2C(=O)c2c(SCCCCCO)cccc21. The number of thioether (sulfide) groups is 1. The van der Waals surface area contributed by atoms with E-state index in [1.807, 2.05) is 12.1 Å². The van der Waals surface area contributed by atoms with Crippen LogP contribution in [-0.4, -0.2) is 29.0 Å². The molecule has 0 aromatic heterocycles. The molecule has 23 heavy (non-hydrogen) atoms. The third kappa shape index (κ3) is 3.09. The van der Waals surface area contributed by atoms with Gasteiger partial charge < -0.3 is 5.11 Å². The van der Waals surface area contributed by atoms with Crippen molar-refractivity contribution in [3.63, 3.8) is 0 Å². The monoisotopic (exact) mass is 326 g/mol. The third-order valence-electron chi connectivity index (χ3n) is 3.97. The molecule has 0 unspecified atom stereocenters. The summed E-state index contributed by atoms with van der Waals surface area (Å²) in [6.07, 6.45) is 2.75. The lowest BCUT2D eigenvalue weighted by molar-refractivity contribution is 0.0977. The summed E-state index contributed by atoms with van der Waals surface area (Å²) in [5.74, 6) is 0.742. The first kappa shape index (κ1) is 16.0. The average Bonchev–Trinajstić information content (AvgIpc) is 2.59. The van der Waals surface area contributed by atoms with Gasteiger partial charge in [0.1, 0.15) is 0 Å². The van der Waals surface area contributed by atoms with Crippen molar-refractivity contribution in [1.82, 2.24) is 0 Å². The Kier molecular flexibility index (Phi) is 4.94. The molecule has 4 heteroatoms. The van der Waals surface area contributed by atoms with Crippen LogP contribution in [0.5, 0.6) is 0 Å². The fourth-order valence-corrected chi connectivity index (χ4v) is 3.90. The zero-order chi connectivity index (χ0) is 16.2. The van der Waals surface area contributed by atoms with Gasteiger partial charge in [-0.15, -0.1) is 11.8 Å². The van der Waals surface area contributed by atoms with E-state index in [0.29, 0.717) is 22.3 Å². The van der Waals surface area contributed by atoms with E-state index in [1.165, 1.54) is 0 Å². The van der Waals surface area contributed by atoms with Crippen molar-refractivity contribution in [2.75, 3.05) is 12.4 Å². The fraction of sp³-hybridized carbons (Fsp3) is 0.263.